The molecule has 0 aliphatic heterocycles. The molecule has 2 aromatic rings. The predicted molar refractivity (Wildman–Crippen MR) is 53.1 cm³/mol. The van der Waals surface area contributed by atoms with E-state index < -0.39 is 0 Å². The lowest BCUT2D eigenvalue weighted by molar-refractivity contribution is 0.277. The van der Waals surface area contributed by atoms with Crippen molar-refractivity contribution in [3.8, 4) is 0 Å². The average molecular weight is 192 g/mol. The number of aliphatic hydroxyl groups is 1. The van der Waals surface area contributed by atoms with Crippen LogP contribution in [0.1, 0.15) is 12.6 Å². The number of fused-ring (bicyclic) bond motifs is 1. The van der Waals surface area contributed by atoms with Crippen molar-refractivity contribution in [3.63, 3.8) is 0 Å². The van der Waals surface area contributed by atoms with Crippen molar-refractivity contribution in [2.45, 2.75) is 13.5 Å². The Morgan fingerprint density at radius 3 is 3.07 bits per heavy atom. The highest BCUT2D eigenvalue weighted by atomic mass is 16.3. The summed E-state index contributed by atoms with van der Waals surface area (Å²) >= 11 is 0. The molecule has 0 amide bonds. The molecule has 0 saturated heterocycles. The molecule has 0 aliphatic rings. The molecule has 0 fully saturated rings. The van der Waals surface area contributed by atoms with Gasteiger partial charge in [-0.3, -0.25) is 0 Å². The van der Waals surface area contributed by atoms with Crippen molar-refractivity contribution in [1.82, 2.24) is 14.6 Å². The third-order valence-corrected chi connectivity index (χ3v) is 1.89. The van der Waals surface area contributed by atoms with Gasteiger partial charge in [-0.15, -0.1) is 5.10 Å². The minimum absolute atomic E-state index is 0.0557. The van der Waals surface area contributed by atoms with Gasteiger partial charge in [0.05, 0.1) is 18.5 Å². The monoisotopic (exact) mass is 192 g/mol. The van der Waals surface area contributed by atoms with Gasteiger partial charge in [-0.25, -0.2) is 9.50 Å². The molecule has 0 radical (unpaired) electrons. The van der Waals surface area contributed by atoms with Crippen LogP contribution >= 0.6 is 0 Å². The number of nitrogens with zero attached hydrogens (tertiary/aromatic N) is 3. The Hall–Kier alpha value is -1.62. The van der Waals surface area contributed by atoms with E-state index in [4.69, 9.17) is 5.11 Å². The molecule has 2 aromatic heterocycles. The van der Waals surface area contributed by atoms with E-state index in [1.54, 1.807) is 10.7 Å². The van der Waals surface area contributed by atoms with E-state index >= 15 is 0 Å². The minimum Gasteiger partial charge on any atom is -0.390 e. The van der Waals surface area contributed by atoms with Gasteiger partial charge in [-0.2, -0.15) is 0 Å². The summed E-state index contributed by atoms with van der Waals surface area (Å²) in [5, 5.41) is 16.3. The normalized spacial score (nSPS) is 10.7. The fourth-order valence-corrected chi connectivity index (χ4v) is 1.28. The molecule has 0 spiro atoms. The minimum atomic E-state index is -0.0557. The van der Waals surface area contributed by atoms with Gasteiger partial charge in [0.1, 0.15) is 5.82 Å². The zero-order chi connectivity index (χ0) is 9.97. The summed E-state index contributed by atoms with van der Waals surface area (Å²) in [6.45, 7) is 2.79. The molecule has 0 aromatic carbocycles. The van der Waals surface area contributed by atoms with Gasteiger partial charge in [0, 0.05) is 6.54 Å². The fourth-order valence-electron chi connectivity index (χ4n) is 1.28. The average Bonchev–Trinajstić information content (AvgIpc) is 2.60. The van der Waals surface area contributed by atoms with Crippen molar-refractivity contribution < 1.29 is 5.11 Å². The molecule has 2 rings (SSSR count). The van der Waals surface area contributed by atoms with E-state index in [0.717, 1.165) is 18.0 Å². The molecule has 2 heterocycles. The van der Waals surface area contributed by atoms with Crippen LogP contribution in [0.15, 0.2) is 18.3 Å². The summed E-state index contributed by atoms with van der Waals surface area (Å²) in [5.41, 5.74) is 1.38. The molecule has 0 atom stereocenters. The van der Waals surface area contributed by atoms with Crippen LogP contribution in [0.4, 0.5) is 5.82 Å². The Morgan fingerprint density at radius 1 is 1.50 bits per heavy atom. The maximum Gasteiger partial charge on any atom is 0.154 e. The number of aromatic nitrogens is 3. The smallest absolute Gasteiger partial charge is 0.154 e. The molecule has 0 saturated carbocycles. The number of hydrogen-bond donors (Lipinski definition) is 2. The topological polar surface area (TPSA) is 62.5 Å². The van der Waals surface area contributed by atoms with Crippen LogP contribution in [-0.2, 0) is 6.61 Å². The van der Waals surface area contributed by atoms with E-state index in [0.29, 0.717) is 5.69 Å². The Bertz CT molecular complexity index is 437. The third-order valence-electron chi connectivity index (χ3n) is 1.89. The summed E-state index contributed by atoms with van der Waals surface area (Å²) in [5.74, 6) is 0.807. The van der Waals surface area contributed by atoms with E-state index in [-0.39, 0.29) is 6.61 Å². The van der Waals surface area contributed by atoms with E-state index in [1.807, 2.05) is 19.1 Å². The highest BCUT2D eigenvalue weighted by Crippen LogP contribution is 2.07. The fraction of sp³-hybridized carbons (Fsp3) is 0.333. The lowest BCUT2D eigenvalue weighted by atomic mass is 10.5. The Balaban J connectivity index is 2.43. The standard InChI is InChI=1S/C9H12N4O/c1-2-10-8-3-4-9-11-7(6-14)5-13(9)12-8/h3-5,14H,2,6H2,1H3,(H,10,12). The van der Waals surface area contributed by atoms with Crippen LogP contribution < -0.4 is 5.32 Å². The van der Waals surface area contributed by atoms with Gasteiger partial charge in [-0.1, -0.05) is 0 Å². The number of rotatable bonds is 3. The zero-order valence-electron chi connectivity index (χ0n) is 7.94. The molecule has 5 heteroatoms. The van der Waals surface area contributed by atoms with Crippen molar-refractivity contribution in [1.29, 1.82) is 0 Å². The first-order chi connectivity index (χ1) is 6.83. The molecule has 0 aliphatic carbocycles. The van der Waals surface area contributed by atoms with Crippen LogP contribution in [0.2, 0.25) is 0 Å². The van der Waals surface area contributed by atoms with E-state index in [1.165, 1.54) is 0 Å². The first kappa shape index (κ1) is 8.96. The molecule has 14 heavy (non-hydrogen) atoms. The second-order valence-corrected chi connectivity index (χ2v) is 2.94. The van der Waals surface area contributed by atoms with Crippen molar-refractivity contribution in [2.75, 3.05) is 11.9 Å². The van der Waals surface area contributed by atoms with Crippen LogP contribution in [0.3, 0.4) is 0 Å². The number of anilines is 1. The quantitative estimate of drug-likeness (QED) is 0.749. The second-order valence-electron chi connectivity index (χ2n) is 2.94. The van der Waals surface area contributed by atoms with Crippen LogP contribution in [0.25, 0.3) is 5.65 Å². The SMILES string of the molecule is CCNc1ccc2nc(CO)cn2n1. The maximum atomic E-state index is 8.89. The second kappa shape index (κ2) is 3.63. The molecule has 0 bridgehead atoms. The van der Waals surface area contributed by atoms with Gasteiger partial charge in [-0.05, 0) is 19.1 Å². The van der Waals surface area contributed by atoms with Crippen molar-refractivity contribution in [2.24, 2.45) is 0 Å². The van der Waals surface area contributed by atoms with Gasteiger partial charge in [0.15, 0.2) is 5.65 Å². The maximum absolute atomic E-state index is 8.89. The number of hydrogen-bond acceptors (Lipinski definition) is 4. The van der Waals surface area contributed by atoms with Crippen LogP contribution in [0, 0.1) is 0 Å². The first-order valence-corrected chi connectivity index (χ1v) is 4.53. The lowest BCUT2D eigenvalue weighted by Crippen LogP contribution is -2.01. The van der Waals surface area contributed by atoms with Gasteiger partial charge < -0.3 is 10.4 Å². The summed E-state index contributed by atoms with van der Waals surface area (Å²) in [7, 11) is 0. The molecule has 74 valence electrons. The van der Waals surface area contributed by atoms with Gasteiger partial charge in [0.25, 0.3) is 0 Å². The largest absolute Gasteiger partial charge is 0.390 e. The van der Waals surface area contributed by atoms with E-state index in [9.17, 15) is 0 Å². The Morgan fingerprint density at radius 2 is 2.36 bits per heavy atom. The predicted octanol–water partition coefficient (Wildman–Crippen LogP) is 0.653. The van der Waals surface area contributed by atoms with Gasteiger partial charge >= 0.3 is 0 Å². The van der Waals surface area contributed by atoms with Crippen LogP contribution in [0.5, 0.6) is 0 Å². The van der Waals surface area contributed by atoms with E-state index in [2.05, 4.69) is 15.4 Å². The molecular formula is C9H12N4O. The van der Waals surface area contributed by atoms with Crippen molar-refractivity contribution in [3.05, 3.63) is 24.0 Å². The molecule has 2 N–H and O–H groups in total. The van der Waals surface area contributed by atoms with Gasteiger partial charge in [0.2, 0.25) is 0 Å². The summed E-state index contributed by atoms with van der Waals surface area (Å²) in [6.07, 6.45) is 1.72. The summed E-state index contributed by atoms with van der Waals surface area (Å²) < 4.78 is 1.66. The number of imidazole rings is 1. The summed E-state index contributed by atoms with van der Waals surface area (Å²) in [4.78, 5) is 4.16. The Kier molecular flexibility index (Phi) is 2.32. The lowest BCUT2D eigenvalue weighted by Gasteiger charge is -2.00. The highest BCUT2D eigenvalue weighted by molar-refractivity contribution is 5.44. The summed E-state index contributed by atoms with van der Waals surface area (Å²) in [6, 6.07) is 3.73. The highest BCUT2D eigenvalue weighted by Gasteiger charge is 2.01. The zero-order valence-corrected chi connectivity index (χ0v) is 7.94. The molecular weight excluding hydrogens is 180 g/mol. The number of nitrogens with one attached hydrogen (secondary N) is 1. The Labute approximate surface area is 81.4 Å². The molecule has 5 nitrogen and oxygen atoms in total. The van der Waals surface area contributed by atoms with Crippen LogP contribution in [-0.4, -0.2) is 26.2 Å². The van der Waals surface area contributed by atoms with Crippen molar-refractivity contribution >= 4 is 11.5 Å². The molecule has 0 unspecified atom stereocenters. The number of aliphatic hydroxyl groups excluding tert-OH is 1. The third kappa shape index (κ3) is 1.54. The first-order valence-electron chi connectivity index (χ1n) is 4.53.